The minimum Gasteiger partial charge on any atom is -0.364 e. The van der Waals surface area contributed by atoms with Gasteiger partial charge in [-0.15, -0.1) is 0 Å². The topological polar surface area (TPSA) is 53.7 Å². The first-order valence-corrected chi connectivity index (χ1v) is 7.64. The van der Waals surface area contributed by atoms with E-state index in [2.05, 4.69) is 31.4 Å². The van der Waals surface area contributed by atoms with Gasteiger partial charge in [-0.05, 0) is 40.0 Å². The van der Waals surface area contributed by atoms with Crippen LogP contribution in [0.1, 0.15) is 11.3 Å². The van der Waals surface area contributed by atoms with Gasteiger partial charge in [0, 0.05) is 26.7 Å². The number of rotatable bonds is 5. The van der Waals surface area contributed by atoms with Gasteiger partial charge < -0.3 is 14.7 Å². The van der Waals surface area contributed by atoms with Crippen LogP contribution < -0.4 is 5.32 Å². The molecule has 2 aromatic rings. The van der Waals surface area contributed by atoms with E-state index >= 15 is 0 Å². The summed E-state index contributed by atoms with van der Waals surface area (Å²) in [6, 6.07) is 6.85. The third-order valence-corrected chi connectivity index (χ3v) is 3.75. The molecule has 118 valence electrons. The van der Waals surface area contributed by atoms with Gasteiger partial charge in [-0.25, -0.2) is 4.39 Å². The average Bonchev–Trinajstić information content (AvgIpc) is 3.00. The summed E-state index contributed by atoms with van der Waals surface area (Å²) in [7, 11) is 3.66. The summed E-state index contributed by atoms with van der Waals surface area (Å²) in [5.41, 5.74) is 1.89. The van der Waals surface area contributed by atoms with Gasteiger partial charge in [0.25, 0.3) is 0 Å². The molecular weight excluding hydrogens is 351 g/mol. The Kier molecular flexibility index (Phi) is 5.94. The minimum absolute atomic E-state index is 0.250. The van der Waals surface area contributed by atoms with Crippen molar-refractivity contribution in [2.24, 2.45) is 4.99 Å². The number of aliphatic imine (C=N–C) groups is 1. The Morgan fingerprint density at radius 1 is 1.45 bits per heavy atom. The van der Waals surface area contributed by atoms with Crippen molar-refractivity contribution in [2.75, 3.05) is 20.6 Å². The van der Waals surface area contributed by atoms with Crippen LogP contribution in [-0.4, -0.2) is 36.7 Å². The summed E-state index contributed by atoms with van der Waals surface area (Å²) in [5, 5.41) is 7.15. The molecular formula is C15H18BrFN4O. The lowest BCUT2D eigenvalue weighted by Crippen LogP contribution is -2.39. The van der Waals surface area contributed by atoms with Crippen molar-refractivity contribution in [3.63, 3.8) is 0 Å². The Bertz CT molecular complexity index is 630. The maximum atomic E-state index is 13.2. The molecule has 22 heavy (non-hydrogen) atoms. The number of nitrogens with one attached hydrogen (secondary N) is 1. The van der Waals surface area contributed by atoms with Gasteiger partial charge >= 0.3 is 0 Å². The number of aromatic nitrogens is 1. The number of benzene rings is 1. The molecule has 0 amide bonds. The summed E-state index contributed by atoms with van der Waals surface area (Å²) in [6.07, 6.45) is 2.32. The van der Waals surface area contributed by atoms with E-state index in [1.165, 1.54) is 6.07 Å². The molecule has 0 radical (unpaired) electrons. The minimum atomic E-state index is -0.250. The number of nitrogens with zero attached hydrogens (tertiary/aromatic N) is 3. The molecule has 2 rings (SSSR count). The van der Waals surface area contributed by atoms with Crippen LogP contribution in [0.4, 0.5) is 4.39 Å². The zero-order valence-corrected chi connectivity index (χ0v) is 14.1. The molecule has 7 heteroatoms. The van der Waals surface area contributed by atoms with Gasteiger partial charge in [-0.2, -0.15) is 0 Å². The van der Waals surface area contributed by atoms with Crippen LogP contribution in [0.5, 0.6) is 0 Å². The highest BCUT2D eigenvalue weighted by atomic mass is 79.9. The summed E-state index contributed by atoms with van der Waals surface area (Å²) >= 11 is 3.19. The Morgan fingerprint density at radius 3 is 2.91 bits per heavy atom. The molecule has 0 unspecified atom stereocenters. The van der Waals surface area contributed by atoms with E-state index in [-0.39, 0.29) is 5.82 Å². The maximum absolute atomic E-state index is 13.2. The molecule has 1 heterocycles. The van der Waals surface area contributed by atoms with Crippen LogP contribution in [0.3, 0.4) is 0 Å². The quantitative estimate of drug-likeness (QED) is 0.651. The van der Waals surface area contributed by atoms with Gasteiger partial charge in [0.05, 0.1) is 11.0 Å². The molecule has 0 saturated carbocycles. The molecule has 1 aromatic carbocycles. The molecule has 0 saturated heterocycles. The van der Waals surface area contributed by atoms with E-state index in [1.807, 2.05) is 18.0 Å². The van der Waals surface area contributed by atoms with Crippen molar-refractivity contribution < 1.29 is 8.91 Å². The standard InChI is InChI=1S/C15H18BrFN4O/c1-18-15(21(2)10-12-6-8-22-20-12)19-7-5-11-3-4-14(17)13(16)9-11/h3-4,6,8-9H,5,7,10H2,1-2H3,(H,18,19). The molecule has 0 spiro atoms. The van der Waals surface area contributed by atoms with Gasteiger partial charge in [0.2, 0.25) is 0 Å². The number of hydrogen-bond acceptors (Lipinski definition) is 3. The van der Waals surface area contributed by atoms with E-state index < -0.39 is 0 Å². The molecule has 0 bridgehead atoms. The van der Waals surface area contributed by atoms with Crippen LogP contribution >= 0.6 is 15.9 Å². The number of guanidine groups is 1. The Labute approximate surface area is 137 Å². The highest BCUT2D eigenvalue weighted by Crippen LogP contribution is 2.16. The summed E-state index contributed by atoms with van der Waals surface area (Å²) in [6.45, 7) is 1.31. The second kappa shape index (κ2) is 7.93. The van der Waals surface area contributed by atoms with Gasteiger partial charge in [0.15, 0.2) is 5.96 Å². The predicted molar refractivity (Wildman–Crippen MR) is 87.1 cm³/mol. The fraction of sp³-hybridized carbons (Fsp3) is 0.333. The molecule has 0 aliphatic heterocycles. The highest BCUT2D eigenvalue weighted by Gasteiger charge is 2.08. The molecule has 5 nitrogen and oxygen atoms in total. The maximum Gasteiger partial charge on any atom is 0.193 e. The first-order chi connectivity index (χ1) is 10.6. The van der Waals surface area contributed by atoms with E-state index in [0.29, 0.717) is 17.6 Å². The summed E-state index contributed by atoms with van der Waals surface area (Å²) < 4.78 is 18.5. The molecule has 0 fully saturated rings. The third kappa shape index (κ3) is 4.56. The van der Waals surface area contributed by atoms with Crippen LogP contribution in [-0.2, 0) is 13.0 Å². The Morgan fingerprint density at radius 2 is 2.27 bits per heavy atom. The monoisotopic (exact) mass is 368 g/mol. The largest absolute Gasteiger partial charge is 0.364 e. The Balaban J connectivity index is 1.84. The van der Waals surface area contributed by atoms with Crippen LogP contribution in [0.2, 0.25) is 0 Å². The lowest BCUT2D eigenvalue weighted by molar-refractivity contribution is 0.391. The van der Waals surface area contributed by atoms with E-state index in [4.69, 9.17) is 4.52 Å². The van der Waals surface area contributed by atoms with Gasteiger partial charge in [0.1, 0.15) is 17.8 Å². The van der Waals surface area contributed by atoms with Crippen LogP contribution in [0.25, 0.3) is 0 Å². The SMILES string of the molecule is CN=C(NCCc1ccc(F)c(Br)c1)N(C)Cc1ccon1. The molecule has 0 atom stereocenters. The van der Waals surface area contributed by atoms with E-state index in [1.54, 1.807) is 25.4 Å². The van der Waals surface area contributed by atoms with Gasteiger partial charge in [-0.3, -0.25) is 4.99 Å². The second-order valence-electron chi connectivity index (χ2n) is 4.82. The van der Waals surface area contributed by atoms with E-state index in [0.717, 1.165) is 23.6 Å². The van der Waals surface area contributed by atoms with Crippen molar-refractivity contribution in [2.45, 2.75) is 13.0 Å². The van der Waals surface area contributed by atoms with Crippen LogP contribution in [0.15, 0.2) is 44.5 Å². The predicted octanol–water partition coefficient (Wildman–Crippen LogP) is 2.83. The summed E-state index contributed by atoms with van der Waals surface area (Å²) in [4.78, 5) is 6.19. The summed E-state index contributed by atoms with van der Waals surface area (Å²) in [5.74, 6) is 0.518. The van der Waals surface area contributed by atoms with Crippen molar-refractivity contribution in [1.29, 1.82) is 0 Å². The third-order valence-electron chi connectivity index (χ3n) is 3.14. The fourth-order valence-electron chi connectivity index (χ4n) is 2.04. The van der Waals surface area contributed by atoms with Gasteiger partial charge in [-0.1, -0.05) is 11.2 Å². The normalized spacial score (nSPS) is 11.5. The average molecular weight is 369 g/mol. The van der Waals surface area contributed by atoms with Crippen molar-refractivity contribution in [3.05, 3.63) is 52.1 Å². The van der Waals surface area contributed by atoms with Crippen molar-refractivity contribution >= 4 is 21.9 Å². The first kappa shape index (κ1) is 16.5. The first-order valence-electron chi connectivity index (χ1n) is 6.85. The molecule has 1 N–H and O–H groups in total. The van der Waals surface area contributed by atoms with Crippen molar-refractivity contribution in [1.82, 2.24) is 15.4 Å². The lowest BCUT2D eigenvalue weighted by Gasteiger charge is -2.21. The van der Waals surface area contributed by atoms with Crippen molar-refractivity contribution in [3.8, 4) is 0 Å². The molecule has 0 aliphatic carbocycles. The van der Waals surface area contributed by atoms with E-state index in [9.17, 15) is 4.39 Å². The molecule has 0 aliphatic rings. The zero-order valence-electron chi connectivity index (χ0n) is 12.5. The van der Waals surface area contributed by atoms with Crippen LogP contribution in [0, 0.1) is 5.82 Å². The second-order valence-corrected chi connectivity index (χ2v) is 5.67. The smallest absolute Gasteiger partial charge is 0.193 e. The zero-order chi connectivity index (χ0) is 15.9. The lowest BCUT2D eigenvalue weighted by atomic mass is 10.1. The Hall–Kier alpha value is -1.89. The fourth-order valence-corrected chi connectivity index (χ4v) is 2.46. The number of halogens is 2. The molecule has 1 aromatic heterocycles. The highest BCUT2D eigenvalue weighted by molar-refractivity contribution is 9.10. The number of hydrogen-bond donors (Lipinski definition) is 1.